The normalized spacial score (nSPS) is 19.1. The minimum absolute atomic E-state index is 0.370. The van der Waals surface area contributed by atoms with Gasteiger partial charge in [-0.3, -0.25) is 0 Å². The van der Waals surface area contributed by atoms with Crippen LogP contribution in [-0.4, -0.2) is 38.9 Å². The van der Waals surface area contributed by atoms with Crippen LogP contribution < -0.4 is 4.90 Å². The molecule has 1 atom stereocenters. The molecule has 1 fully saturated rings. The van der Waals surface area contributed by atoms with Crippen LogP contribution in [0, 0.1) is 11.3 Å². The van der Waals surface area contributed by atoms with Crippen molar-refractivity contribution in [3.63, 3.8) is 0 Å². The van der Waals surface area contributed by atoms with Crippen molar-refractivity contribution in [1.29, 1.82) is 5.26 Å². The molecule has 0 amide bonds. The van der Waals surface area contributed by atoms with Crippen LogP contribution in [-0.2, 0) is 9.47 Å². The van der Waals surface area contributed by atoms with Gasteiger partial charge >= 0.3 is 5.97 Å². The lowest BCUT2D eigenvalue weighted by atomic mass is 10.1. The quantitative estimate of drug-likeness (QED) is 0.734. The summed E-state index contributed by atoms with van der Waals surface area (Å²) in [5.74, 6) is -0.370. The lowest BCUT2D eigenvalue weighted by molar-refractivity contribution is 0.0597. The standard InChI is InChI=1S/C13H14N2O3/c1-17-13(16)11-4-2-3-5-12(11)15-6-7-18-10(8-14)9-15/h2-5,10H,6-7,9H2,1H3. The van der Waals surface area contributed by atoms with Gasteiger partial charge in [0.15, 0.2) is 6.10 Å². The molecule has 5 nitrogen and oxygen atoms in total. The molecule has 0 aliphatic carbocycles. The second-order valence-electron chi connectivity index (χ2n) is 3.94. The van der Waals surface area contributed by atoms with Crippen molar-refractivity contribution in [1.82, 2.24) is 0 Å². The van der Waals surface area contributed by atoms with Crippen LogP contribution >= 0.6 is 0 Å². The summed E-state index contributed by atoms with van der Waals surface area (Å²) in [4.78, 5) is 13.7. The molecular formula is C13H14N2O3. The van der Waals surface area contributed by atoms with E-state index in [0.29, 0.717) is 25.3 Å². The average Bonchev–Trinajstić information content (AvgIpc) is 2.46. The SMILES string of the molecule is COC(=O)c1ccccc1N1CCOC(C#N)C1. The maximum absolute atomic E-state index is 11.7. The fourth-order valence-electron chi connectivity index (χ4n) is 1.98. The third-order valence-electron chi connectivity index (χ3n) is 2.86. The Kier molecular flexibility index (Phi) is 3.80. The lowest BCUT2D eigenvalue weighted by Crippen LogP contribution is -2.42. The van der Waals surface area contributed by atoms with Crippen LogP contribution in [0.25, 0.3) is 0 Å². The van der Waals surface area contributed by atoms with Crippen molar-refractivity contribution in [2.75, 3.05) is 31.7 Å². The Bertz CT molecular complexity index is 481. The van der Waals surface area contributed by atoms with Crippen LogP contribution in [0.4, 0.5) is 5.69 Å². The van der Waals surface area contributed by atoms with Gasteiger partial charge in [0.1, 0.15) is 0 Å². The highest BCUT2D eigenvalue weighted by molar-refractivity contribution is 5.95. The molecule has 5 heteroatoms. The Balaban J connectivity index is 2.27. The number of ether oxygens (including phenoxy) is 2. The number of hydrogen-bond acceptors (Lipinski definition) is 5. The van der Waals surface area contributed by atoms with Crippen molar-refractivity contribution in [3.05, 3.63) is 29.8 Å². The zero-order valence-corrected chi connectivity index (χ0v) is 10.1. The number of para-hydroxylation sites is 1. The van der Waals surface area contributed by atoms with Gasteiger partial charge in [0.05, 0.1) is 37.6 Å². The average molecular weight is 246 g/mol. The molecule has 1 unspecified atom stereocenters. The van der Waals surface area contributed by atoms with Crippen LogP contribution in [0.1, 0.15) is 10.4 Å². The smallest absolute Gasteiger partial charge is 0.339 e. The fraction of sp³-hybridized carbons (Fsp3) is 0.385. The van der Waals surface area contributed by atoms with Crippen LogP contribution in [0.5, 0.6) is 0 Å². The summed E-state index contributed by atoms with van der Waals surface area (Å²) in [6.07, 6.45) is -0.454. The number of nitriles is 1. The van der Waals surface area contributed by atoms with E-state index < -0.39 is 6.10 Å². The summed E-state index contributed by atoms with van der Waals surface area (Å²) < 4.78 is 10.0. The number of morpholine rings is 1. The number of methoxy groups -OCH3 is 1. The van der Waals surface area contributed by atoms with E-state index in [4.69, 9.17) is 14.7 Å². The number of nitrogens with zero attached hydrogens (tertiary/aromatic N) is 2. The van der Waals surface area contributed by atoms with Crippen LogP contribution in [0.3, 0.4) is 0 Å². The molecule has 1 aliphatic heterocycles. The van der Waals surface area contributed by atoms with E-state index in [0.717, 1.165) is 5.69 Å². The number of anilines is 1. The van der Waals surface area contributed by atoms with Gasteiger partial charge in [0.25, 0.3) is 0 Å². The minimum Gasteiger partial charge on any atom is -0.465 e. The van der Waals surface area contributed by atoms with Crippen LogP contribution in [0.15, 0.2) is 24.3 Å². The molecule has 1 saturated heterocycles. The van der Waals surface area contributed by atoms with Crippen molar-refractivity contribution >= 4 is 11.7 Å². The highest BCUT2D eigenvalue weighted by atomic mass is 16.5. The summed E-state index contributed by atoms with van der Waals surface area (Å²) in [5.41, 5.74) is 1.30. The summed E-state index contributed by atoms with van der Waals surface area (Å²) in [6, 6.07) is 9.31. The van der Waals surface area contributed by atoms with E-state index in [1.54, 1.807) is 12.1 Å². The molecule has 94 valence electrons. The second-order valence-corrected chi connectivity index (χ2v) is 3.94. The number of benzene rings is 1. The highest BCUT2D eigenvalue weighted by Gasteiger charge is 2.23. The maximum atomic E-state index is 11.7. The molecular weight excluding hydrogens is 232 g/mol. The third-order valence-corrected chi connectivity index (χ3v) is 2.86. The van der Waals surface area contributed by atoms with Crippen LogP contribution in [0.2, 0.25) is 0 Å². The Morgan fingerprint density at radius 1 is 1.56 bits per heavy atom. The molecule has 0 spiro atoms. The Morgan fingerprint density at radius 2 is 2.33 bits per heavy atom. The largest absolute Gasteiger partial charge is 0.465 e. The summed E-state index contributed by atoms with van der Waals surface area (Å²) in [6.45, 7) is 1.60. The van der Waals surface area contributed by atoms with Gasteiger partial charge in [0, 0.05) is 6.54 Å². The van der Waals surface area contributed by atoms with E-state index in [2.05, 4.69) is 6.07 Å². The monoisotopic (exact) mass is 246 g/mol. The first-order chi connectivity index (χ1) is 8.76. The van der Waals surface area contributed by atoms with Gasteiger partial charge in [-0.05, 0) is 12.1 Å². The molecule has 18 heavy (non-hydrogen) atoms. The van der Waals surface area contributed by atoms with Gasteiger partial charge in [-0.25, -0.2) is 4.79 Å². The van der Waals surface area contributed by atoms with E-state index in [9.17, 15) is 4.79 Å². The topological polar surface area (TPSA) is 62.6 Å². The number of hydrogen-bond donors (Lipinski definition) is 0. The zero-order valence-electron chi connectivity index (χ0n) is 10.1. The van der Waals surface area contributed by atoms with Gasteiger partial charge in [0.2, 0.25) is 0 Å². The predicted octanol–water partition coefficient (Wildman–Crippen LogP) is 1.20. The minimum atomic E-state index is -0.454. The Morgan fingerprint density at radius 3 is 3.06 bits per heavy atom. The molecule has 0 aromatic heterocycles. The van der Waals surface area contributed by atoms with E-state index in [-0.39, 0.29) is 5.97 Å². The van der Waals surface area contributed by atoms with Crippen molar-refractivity contribution in [3.8, 4) is 6.07 Å². The lowest BCUT2D eigenvalue weighted by Gasteiger charge is -2.32. The molecule has 0 radical (unpaired) electrons. The van der Waals surface area contributed by atoms with Gasteiger partial charge in [-0.1, -0.05) is 12.1 Å². The number of carbonyl (C=O) groups is 1. The number of rotatable bonds is 2. The molecule has 1 aliphatic rings. The molecule has 0 N–H and O–H groups in total. The van der Waals surface area contributed by atoms with Gasteiger partial charge < -0.3 is 14.4 Å². The highest BCUT2D eigenvalue weighted by Crippen LogP contribution is 2.23. The fourth-order valence-corrected chi connectivity index (χ4v) is 1.98. The van der Waals surface area contributed by atoms with Crippen molar-refractivity contribution in [2.24, 2.45) is 0 Å². The first-order valence-electron chi connectivity index (χ1n) is 5.69. The summed E-state index contributed by atoms with van der Waals surface area (Å²) >= 11 is 0. The molecule has 0 saturated carbocycles. The summed E-state index contributed by atoms with van der Waals surface area (Å²) in [7, 11) is 1.36. The van der Waals surface area contributed by atoms with E-state index in [1.165, 1.54) is 7.11 Å². The first-order valence-corrected chi connectivity index (χ1v) is 5.69. The first kappa shape index (κ1) is 12.4. The predicted molar refractivity (Wildman–Crippen MR) is 65.3 cm³/mol. The van der Waals surface area contributed by atoms with E-state index >= 15 is 0 Å². The van der Waals surface area contributed by atoms with Crippen molar-refractivity contribution in [2.45, 2.75) is 6.10 Å². The molecule has 1 aromatic carbocycles. The maximum Gasteiger partial charge on any atom is 0.339 e. The van der Waals surface area contributed by atoms with Crippen molar-refractivity contribution < 1.29 is 14.3 Å². The number of carbonyl (C=O) groups excluding carboxylic acids is 1. The Labute approximate surface area is 106 Å². The summed E-state index contributed by atoms with van der Waals surface area (Å²) in [5, 5.41) is 8.89. The van der Waals surface area contributed by atoms with E-state index in [1.807, 2.05) is 17.0 Å². The Hall–Kier alpha value is -2.06. The number of esters is 1. The zero-order chi connectivity index (χ0) is 13.0. The van der Waals surface area contributed by atoms with Gasteiger partial charge in [-0.2, -0.15) is 5.26 Å². The second kappa shape index (κ2) is 5.52. The molecule has 2 rings (SSSR count). The van der Waals surface area contributed by atoms with Gasteiger partial charge in [-0.15, -0.1) is 0 Å². The third kappa shape index (κ3) is 2.44. The molecule has 0 bridgehead atoms. The molecule has 1 heterocycles. The molecule has 1 aromatic rings.